The Kier molecular flexibility index (Phi) is 10.4. The molecular weight excluding hydrogens is 516 g/mol. The van der Waals surface area contributed by atoms with Crippen LogP contribution in [0.3, 0.4) is 0 Å². The van der Waals surface area contributed by atoms with Crippen LogP contribution in [0.2, 0.25) is 10.0 Å². The lowest BCUT2D eigenvalue weighted by Crippen LogP contribution is -2.53. The molecule has 0 unspecified atom stereocenters. The van der Waals surface area contributed by atoms with Gasteiger partial charge in [-0.15, -0.1) is 0 Å². The molecule has 0 saturated carbocycles. The van der Waals surface area contributed by atoms with E-state index in [1.807, 2.05) is 13.8 Å². The molecule has 11 heteroatoms. The molecule has 0 spiro atoms. The first-order valence-corrected chi connectivity index (χ1v) is 13.7. The summed E-state index contributed by atoms with van der Waals surface area (Å²) in [5.74, 6) is -1.51. The lowest BCUT2D eigenvalue weighted by molar-refractivity contribution is -0.140. The minimum atomic E-state index is -3.90. The minimum absolute atomic E-state index is 0.0394. The van der Waals surface area contributed by atoms with Crippen LogP contribution in [0.25, 0.3) is 0 Å². The molecule has 2 atom stereocenters. The first-order chi connectivity index (χ1) is 16.4. The molecule has 192 valence electrons. The summed E-state index contributed by atoms with van der Waals surface area (Å²) in [5.41, 5.74) is 0.677. The standard InChI is InChI=1S/C24H30Cl2FN3O4S/c1-5-16(3)28-24(32)22(6-2)29(14-17-7-8-18(25)13-21(17)26)23(31)15-30(35(4,33)34)20-11-9-19(27)10-12-20/h7-13,16,22H,5-6,14-15H2,1-4H3,(H,28,32)/t16-,22-/m0/s1. The third-order valence-corrected chi connectivity index (χ3v) is 7.26. The smallest absolute Gasteiger partial charge is 0.244 e. The Morgan fingerprint density at radius 2 is 1.69 bits per heavy atom. The molecule has 0 bridgehead atoms. The van der Waals surface area contributed by atoms with Crippen molar-refractivity contribution in [3.8, 4) is 0 Å². The second-order valence-corrected chi connectivity index (χ2v) is 11.0. The quantitative estimate of drug-likeness (QED) is 0.446. The van der Waals surface area contributed by atoms with Gasteiger partial charge in [-0.3, -0.25) is 13.9 Å². The molecule has 2 aromatic rings. The summed E-state index contributed by atoms with van der Waals surface area (Å²) in [6, 6.07) is 8.58. The van der Waals surface area contributed by atoms with Crippen molar-refractivity contribution >= 4 is 50.7 Å². The number of carbonyl (C=O) groups is 2. The maximum Gasteiger partial charge on any atom is 0.244 e. The predicted molar refractivity (Wildman–Crippen MR) is 138 cm³/mol. The average molecular weight is 546 g/mol. The highest BCUT2D eigenvalue weighted by atomic mass is 35.5. The lowest BCUT2D eigenvalue weighted by atomic mass is 10.1. The van der Waals surface area contributed by atoms with Crippen LogP contribution in [0.1, 0.15) is 39.2 Å². The normalized spacial score (nSPS) is 13.1. The van der Waals surface area contributed by atoms with Crippen molar-refractivity contribution < 1.29 is 22.4 Å². The molecule has 0 radical (unpaired) electrons. The summed E-state index contributed by atoms with van der Waals surface area (Å²) in [6.07, 6.45) is 1.94. The highest BCUT2D eigenvalue weighted by molar-refractivity contribution is 7.92. The highest BCUT2D eigenvalue weighted by Gasteiger charge is 2.32. The zero-order valence-electron chi connectivity index (χ0n) is 20.1. The number of nitrogens with zero attached hydrogens (tertiary/aromatic N) is 2. The second kappa shape index (κ2) is 12.6. The van der Waals surface area contributed by atoms with Gasteiger partial charge in [0.05, 0.1) is 11.9 Å². The Morgan fingerprint density at radius 1 is 1.06 bits per heavy atom. The van der Waals surface area contributed by atoms with E-state index in [2.05, 4.69) is 5.32 Å². The molecule has 2 aromatic carbocycles. The van der Waals surface area contributed by atoms with Crippen LogP contribution in [0, 0.1) is 5.82 Å². The van der Waals surface area contributed by atoms with E-state index < -0.39 is 34.3 Å². The van der Waals surface area contributed by atoms with Gasteiger partial charge in [0, 0.05) is 22.6 Å². The number of carbonyl (C=O) groups excluding carboxylic acids is 2. The van der Waals surface area contributed by atoms with Crippen molar-refractivity contribution in [3.63, 3.8) is 0 Å². The number of halogens is 3. The van der Waals surface area contributed by atoms with Gasteiger partial charge in [0.15, 0.2) is 0 Å². The number of benzene rings is 2. The highest BCUT2D eigenvalue weighted by Crippen LogP contribution is 2.25. The zero-order valence-corrected chi connectivity index (χ0v) is 22.4. The van der Waals surface area contributed by atoms with Gasteiger partial charge in [0.25, 0.3) is 0 Å². The van der Waals surface area contributed by atoms with Crippen molar-refractivity contribution in [1.29, 1.82) is 0 Å². The van der Waals surface area contributed by atoms with Crippen molar-refractivity contribution in [2.45, 2.75) is 52.2 Å². The number of amides is 2. The van der Waals surface area contributed by atoms with Gasteiger partial charge in [-0.05, 0) is 61.7 Å². The molecule has 0 aliphatic rings. The maximum absolute atomic E-state index is 13.6. The Balaban J connectivity index is 2.46. The minimum Gasteiger partial charge on any atom is -0.352 e. The first kappa shape index (κ1) is 28.9. The summed E-state index contributed by atoms with van der Waals surface area (Å²) in [4.78, 5) is 28.0. The SMILES string of the molecule is CC[C@H](C)NC(=O)[C@H](CC)N(Cc1ccc(Cl)cc1Cl)C(=O)CN(c1ccc(F)cc1)S(C)(=O)=O. The molecule has 2 amide bonds. The Bertz CT molecular complexity index is 1150. The van der Waals surface area contributed by atoms with E-state index in [-0.39, 0.29) is 30.6 Å². The van der Waals surface area contributed by atoms with Gasteiger partial charge in [-0.2, -0.15) is 0 Å². The Labute approximate surface area is 216 Å². The summed E-state index contributed by atoms with van der Waals surface area (Å²) in [5, 5.41) is 3.61. The summed E-state index contributed by atoms with van der Waals surface area (Å²) in [7, 11) is -3.90. The zero-order chi connectivity index (χ0) is 26.3. The van der Waals surface area contributed by atoms with E-state index >= 15 is 0 Å². The van der Waals surface area contributed by atoms with Crippen LogP contribution in [0.15, 0.2) is 42.5 Å². The van der Waals surface area contributed by atoms with E-state index in [1.165, 1.54) is 23.1 Å². The fraction of sp³-hybridized carbons (Fsp3) is 0.417. The van der Waals surface area contributed by atoms with Crippen molar-refractivity contribution in [2.75, 3.05) is 17.1 Å². The van der Waals surface area contributed by atoms with Crippen LogP contribution in [0.4, 0.5) is 10.1 Å². The van der Waals surface area contributed by atoms with Crippen LogP contribution in [-0.2, 0) is 26.2 Å². The molecule has 2 rings (SSSR count). The monoisotopic (exact) mass is 545 g/mol. The molecule has 35 heavy (non-hydrogen) atoms. The molecule has 7 nitrogen and oxygen atoms in total. The van der Waals surface area contributed by atoms with Crippen LogP contribution >= 0.6 is 23.2 Å². The van der Waals surface area contributed by atoms with Gasteiger partial charge < -0.3 is 10.2 Å². The predicted octanol–water partition coefficient (Wildman–Crippen LogP) is 4.62. The fourth-order valence-electron chi connectivity index (χ4n) is 3.42. The third kappa shape index (κ3) is 8.08. The molecule has 0 aromatic heterocycles. The van der Waals surface area contributed by atoms with Gasteiger partial charge in [-0.25, -0.2) is 12.8 Å². The van der Waals surface area contributed by atoms with Gasteiger partial charge in [-0.1, -0.05) is 43.1 Å². The van der Waals surface area contributed by atoms with E-state index in [4.69, 9.17) is 23.2 Å². The average Bonchev–Trinajstić information content (AvgIpc) is 2.78. The molecule has 0 heterocycles. The lowest BCUT2D eigenvalue weighted by Gasteiger charge is -2.33. The van der Waals surface area contributed by atoms with E-state index in [1.54, 1.807) is 19.1 Å². The fourth-order valence-corrected chi connectivity index (χ4v) is 4.73. The first-order valence-electron chi connectivity index (χ1n) is 11.1. The van der Waals surface area contributed by atoms with E-state index in [9.17, 15) is 22.4 Å². The number of rotatable bonds is 11. The number of hydrogen-bond donors (Lipinski definition) is 1. The molecule has 0 fully saturated rings. The van der Waals surface area contributed by atoms with Crippen molar-refractivity contribution in [1.82, 2.24) is 10.2 Å². The summed E-state index contributed by atoms with van der Waals surface area (Å²) >= 11 is 12.3. The Hall–Kier alpha value is -2.36. The van der Waals surface area contributed by atoms with Crippen LogP contribution in [0.5, 0.6) is 0 Å². The van der Waals surface area contributed by atoms with E-state index in [0.29, 0.717) is 22.0 Å². The number of nitrogens with one attached hydrogen (secondary N) is 1. The number of sulfonamides is 1. The molecule has 0 saturated heterocycles. The largest absolute Gasteiger partial charge is 0.352 e. The topological polar surface area (TPSA) is 86.8 Å². The number of anilines is 1. The van der Waals surface area contributed by atoms with E-state index in [0.717, 1.165) is 22.7 Å². The van der Waals surface area contributed by atoms with Gasteiger partial charge in [0.1, 0.15) is 18.4 Å². The third-order valence-electron chi connectivity index (χ3n) is 5.54. The molecular formula is C24H30Cl2FN3O4S. The summed E-state index contributed by atoms with van der Waals surface area (Å²) in [6.45, 7) is 4.92. The van der Waals surface area contributed by atoms with Crippen LogP contribution < -0.4 is 9.62 Å². The molecule has 1 N–H and O–H groups in total. The summed E-state index contributed by atoms with van der Waals surface area (Å²) < 4.78 is 39.3. The Morgan fingerprint density at radius 3 is 2.20 bits per heavy atom. The number of hydrogen-bond acceptors (Lipinski definition) is 4. The molecule has 0 aliphatic heterocycles. The van der Waals surface area contributed by atoms with Crippen molar-refractivity contribution in [3.05, 3.63) is 63.9 Å². The molecule has 0 aliphatic carbocycles. The second-order valence-electron chi connectivity index (χ2n) is 8.25. The maximum atomic E-state index is 13.6. The van der Waals surface area contributed by atoms with Crippen LogP contribution in [-0.4, -0.2) is 50.0 Å². The van der Waals surface area contributed by atoms with Crippen molar-refractivity contribution in [2.24, 2.45) is 0 Å². The van der Waals surface area contributed by atoms with Gasteiger partial charge in [0.2, 0.25) is 21.8 Å². The van der Waals surface area contributed by atoms with Gasteiger partial charge >= 0.3 is 0 Å².